The summed E-state index contributed by atoms with van der Waals surface area (Å²) < 4.78 is 14.1. The Bertz CT molecular complexity index is 1390. The van der Waals surface area contributed by atoms with Crippen molar-refractivity contribution in [2.45, 2.75) is 17.3 Å². The molecule has 1 atom stereocenters. The number of morpholine rings is 1. The largest absolute Gasteiger partial charge is 0.497 e. The summed E-state index contributed by atoms with van der Waals surface area (Å²) in [6.45, 7) is 4.14. The fourth-order valence-electron chi connectivity index (χ4n) is 3.99. The molecule has 170 valence electrons. The van der Waals surface area contributed by atoms with Crippen LogP contribution in [0.15, 0.2) is 58.5 Å². The van der Waals surface area contributed by atoms with Gasteiger partial charge in [0.15, 0.2) is 5.16 Å². The Morgan fingerprint density at radius 1 is 1.12 bits per heavy atom. The van der Waals surface area contributed by atoms with Crippen LogP contribution in [0.5, 0.6) is 5.75 Å². The van der Waals surface area contributed by atoms with Crippen LogP contribution in [0, 0.1) is 0 Å². The van der Waals surface area contributed by atoms with E-state index in [-0.39, 0.29) is 16.7 Å². The van der Waals surface area contributed by atoms with E-state index in [1.807, 2.05) is 52.6 Å². The van der Waals surface area contributed by atoms with E-state index in [1.165, 1.54) is 16.3 Å². The fraction of sp³-hybridized carbons (Fsp3) is 0.304. The number of amides is 1. The third kappa shape index (κ3) is 3.85. The first-order valence-electron chi connectivity index (χ1n) is 10.6. The summed E-state index contributed by atoms with van der Waals surface area (Å²) in [5.74, 6) is 1.04. The summed E-state index contributed by atoms with van der Waals surface area (Å²) in [5.41, 5.74) is 1.11. The average molecular weight is 466 g/mol. The molecule has 1 aliphatic rings. The first-order chi connectivity index (χ1) is 16.1. The molecular formula is C23H23N5O4S. The van der Waals surface area contributed by atoms with Crippen LogP contribution in [0.3, 0.4) is 0 Å². The van der Waals surface area contributed by atoms with Crippen molar-refractivity contribution >= 4 is 34.3 Å². The molecule has 1 fully saturated rings. The number of para-hydroxylation sites is 1. The van der Waals surface area contributed by atoms with Crippen molar-refractivity contribution in [1.82, 2.24) is 24.1 Å². The molecule has 1 amide bonds. The van der Waals surface area contributed by atoms with Gasteiger partial charge in [-0.05, 0) is 31.2 Å². The van der Waals surface area contributed by atoms with Gasteiger partial charge < -0.3 is 14.4 Å². The van der Waals surface area contributed by atoms with Crippen LogP contribution in [0.4, 0.5) is 0 Å². The maximum Gasteiger partial charge on any atom is 0.267 e. The quantitative estimate of drug-likeness (QED) is 0.418. The third-order valence-corrected chi connectivity index (χ3v) is 6.69. The normalized spacial score (nSPS) is 15.2. The molecule has 2 aromatic heterocycles. The summed E-state index contributed by atoms with van der Waals surface area (Å²) in [4.78, 5) is 28.2. The van der Waals surface area contributed by atoms with Gasteiger partial charge in [0.2, 0.25) is 11.7 Å². The minimum atomic E-state index is -0.369. The molecule has 4 aromatic rings. The number of carbonyl (C=O) groups excluding carboxylic acids is 1. The van der Waals surface area contributed by atoms with Gasteiger partial charge in [-0.1, -0.05) is 30.0 Å². The van der Waals surface area contributed by atoms with Crippen molar-refractivity contribution in [1.29, 1.82) is 0 Å². The molecule has 0 aliphatic carbocycles. The molecule has 2 aromatic carbocycles. The Morgan fingerprint density at radius 3 is 2.70 bits per heavy atom. The molecule has 0 saturated carbocycles. The van der Waals surface area contributed by atoms with Crippen LogP contribution in [-0.4, -0.2) is 68.6 Å². The lowest BCUT2D eigenvalue weighted by Crippen LogP contribution is -2.44. The van der Waals surface area contributed by atoms with Crippen LogP contribution in [0.25, 0.3) is 22.4 Å². The molecule has 1 saturated heterocycles. The van der Waals surface area contributed by atoms with E-state index >= 15 is 0 Å². The van der Waals surface area contributed by atoms with Gasteiger partial charge in [-0.3, -0.25) is 14.0 Å². The highest BCUT2D eigenvalue weighted by Gasteiger charge is 2.26. The van der Waals surface area contributed by atoms with Gasteiger partial charge in [0, 0.05) is 19.2 Å². The molecule has 3 heterocycles. The van der Waals surface area contributed by atoms with E-state index < -0.39 is 0 Å². The SMILES string of the molecule is COc1cccc(-n2c(=O)c3ccccc3n3c(SC(C)C(=O)N4CCOCC4)nnc23)c1. The number of nitrogens with zero attached hydrogens (tertiary/aromatic N) is 5. The van der Waals surface area contributed by atoms with Gasteiger partial charge in [-0.2, -0.15) is 0 Å². The topological polar surface area (TPSA) is 91.0 Å². The molecule has 0 bridgehead atoms. The standard InChI is InChI=1S/C23H23N5O4S/c1-15(20(29)26-10-12-32-13-11-26)33-23-25-24-22-27(16-6-5-7-17(14-16)31-2)21(30)18-8-3-4-9-19(18)28(22)23/h3-9,14-15H,10-13H2,1-2H3. The Morgan fingerprint density at radius 2 is 1.91 bits per heavy atom. The first-order valence-corrected chi connectivity index (χ1v) is 11.5. The predicted octanol–water partition coefficient (Wildman–Crippen LogP) is 2.38. The summed E-state index contributed by atoms with van der Waals surface area (Å²) in [6, 6.07) is 14.6. The van der Waals surface area contributed by atoms with E-state index in [4.69, 9.17) is 9.47 Å². The molecule has 33 heavy (non-hydrogen) atoms. The third-order valence-electron chi connectivity index (χ3n) is 5.66. The van der Waals surface area contributed by atoms with Crippen molar-refractivity contribution in [2.75, 3.05) is 33.4 Å². The van der Waals surface area contributed by atoms with Crippen molar-refractivity contribution in [3.8, 4) is 11.4 Å². The molecule has 0 spiro atoms. The summed E-state index contributed by atoms with van der Waals surface area (Å²) in [5, 5.41) is 9.44. The van der Waals surface area contributed by atoms with E-state index in [2.05, 4.69) is 10.2 Å². The Kier molecular flexibility index (Phi) is 5.77. The molecule has 1 unspecified atom stereocenters. The van der Waals surface area contributed by atoms with E-state index in [1.54, 1.807) is 19.2 Å². The zero-order valence-electron chi connectivity index (χ0n) is 18.3. The number of methoxy groups -OCH3 is 1. The zero-order valence-corrected chi connectivity index (χ0v) is 19.1. The summed E-state index contributed by atoms with van der Waals surface area (Å²) in [6.07, 6.45) is 0. The molecule has 1 aliphatic heterocycles. The molecule has 10 heteroatoms. The lowest BCUT2D eigenvalue weighted by atomic mass is 10.2. The molecule has 9 nitrogen and oxygen atoms in total. The van der Waals surface area contributed by atoms with Crippen LogP contribution < -0.4 is 10.3 Å². The van der Waals surface area contributed by atoms with Crippen LogP contribution in [0.2, 0.25) is 0 Å². The number of hydrogen-bond donors (Lipinski definition) is 0. The molecule has 0 radical (unpaired) electrons. The minimum Gasteiger partial charge on any atom is -0.497 e. The summed E-state index contributed by atoms with van der Waals surface area (Å²) in [7, 11) is 1.58. The number of rotatable bonds is 5. The second kappa shape index (κ2) is 8.87. The average Bonchev–Trinajstić information content (AvgIpc) is 3.27. The lowest BCUT2D eigenvalue weighted by Gasteiger charge is -2.28. The fourth-order valence-corrected chi connectivity index (χ4v) is 4.93. The zero-order chi connectivity index (χ0) is 22.9. The van der Waals surface area contributed by atoms with Crippen LogP contribution >= 0.6 is 11.8 Å². The van der Waals surface area contributed by atoms with Gasteiger partial charge in [0.1, 0.15) is 5.75 Å². The van der Waals surface area contributed by atoms with Crippen molar-refractivity contribution < 1.29 is 14.3 Å². The first kappa shape index (κ1) is 21.5. The maximum absolute atomic E-state index is 13.5. The smallest absolute Gasteiger partial charge is 0.267 e. The Labute approximate surface area is 193 Å². The second-order valence-corrected chi connectivity index (χ2v) is 8.98. The Hall–Kier alpha value is -3.37. The van der Waals surface area contributed by atoms with Crippen LogP contribution in [0.1, 0.15) is 6.92 Å². The van der Waals surface area contributed by atoms with Gasteiger partial charge in [-0.15, -0.1) is 10.2 Å². The number of hydrogen-bond acceptors (Lipinski definition) is 7. The number of fused-ring (bicyclic) bond motifs is 3. The highest BCUT2D eigenvalue weighted by molar-refractivity contribution is 8.00. The lowest BCUT2D eigenvalue weighted by molar-refractivity contribution is -0.134. The molecule has 5 rings (SSSR count). The van der Waals surface area contributed by atoms with E-state index in [0.717, 1.165) is 0 Å². The number of aromatic nitrogens is 4. The molecule has 0 N–H and O–H groups in total. The Balaban J connectivity index is 1.64. The number of thioether (sulfide) groups is 1. The van der Waals surface area contributed by atoms with Crippen LogP contribution in [-0.2, 0) is 9.53 Å². The van der Waals surface area contributed by atoms with Gasteiger partial charge in [-0.25, -0.2) is 4.57 Å². The summed E-state index contributed by atoms with van der Waals surface area (Å²) >= 11 is 1.33. The predicted molar refractivity (Wildman–Crippen MR) is 125 cm³/mol. The van der Waals surface area contributed by atoms with Gasteiger partial charge >= 0.3 is 0 Å². The van der Waals surface area contributed by atoms with Crippen molar-refractivity contribution in [2.24, 2.45) is 0 Å². The second-order valence-electron chi connectivity index (χ2n) is 7.67. The maximum atomic E-state index is 13.5. The van der Waals surface area contributed by atoms with E-state index in [0.29, 0.717) is 59.6 Å². The number of carbonyl (C=O) groups is 1. The van der Waals surface area contributed by atoms with Crippen molar-refractivity contribution in [3.63, 3.8) is 0 Å². The van der Waals surface area contributed by atoms with Crippen molar-refractivity contribution in [3.05, 3.63) is 58.9 Å². The van der Waals surface area contributed by atoms with Gasteiger partial charge in [0.25, 0.3) is 5.56 Å². The minimum absolute atomic E-state index is 0.0328. The highest BCUT2D eigenvalue weighted by Crippen LogP contribution is 2.27. The van der Waals surface area contributed by atoms with Gasteiger partial charge in [0.05, 0.1) is 42.2 Å². The number of ether oxygens (including phenoxy) is 2. The molecular weight excluding hydrogens is 442 g/mol. The number of benzene rings is 2. The monoisotopic (exact) mass is 465 g/mol. The van der Waals surface area contributed by atoms with E-state index in [9.17, 15) is 9.59 Å². The highest BCUT2D eigenvalue weighted by atomic mass is 32.2.